The Morgan fingerprint density at radius 3 is 2.65 bits per heavy atom. The summed E-state index contributed by atoms with van der Waals surface area (Å²) >= 11 is 0. The molecule has 1 fully saturated rings. The Morgan fingerprint density at radius 2 is 1.87 bits per heavy atom. The second-order valence-corrected chi connectivity index (χ2v) is 6.72. The van der Waals surface area contributed by atoms with E-state index in [2.05, 4.69) is 11.9 Å². The molecule has 6 nitrogen and oxygen atoms in total. The lowest BCUT2D eigenvalue weighted by Gasteiger charge is -2.45. The molecule has 0 bridgehead atoms. The van der Waals surface area contributed by atoms with Crippen LogP contribution < -0.4 is 9.47 Å². The van der Waals surface area contributed by atoms with Crippen LogP contribution in [0.3, 0.4) is 0 Å². The SMILES string of the molecule is CN1CCC2=C[C@@H](O)[C@@H]3O[C@@H](O)c4cc5c(cc4[C@@H]3[C@H]21)OCO5. The molecular formula is C17H19NO5. The summed E-state index contributed by atoms with van der Waals surface area (Å²) in [7, 11) is 2.10. The summed E-state index contributed by atoms with van der Waals surface area (Å²) in [6.07, 6.45) is 0.652. The van der Waals surface area contributed by atoms with Crippen LogP contribution in [0, 0.1) is 0 Å². The molecule has 0 radical (unpaired) electrons. The largest absolute Gasteiger partial charge is 0.454 e. The Kier molecular flexibility index (Phi) is 2.82. The van der Waals surface area contributed by atoms with E-state index < -0.39 is 18.5 Å². The smallest absolute Gasteiger partial charge is 0.231 e. The standard InChI is InChI=1S/C17H19NO5/c1-18-3-2-8-4-11(19)16-14(15(8)18)9-5-12-13(22-7-21-12)6-10(9)17(20)23-16/h4-6,11,14-17,19-20H,2-3,7H2,1H3/t11-,14-,15+,16+,17-/m1/s1. The molecule has 122 valence electrons. The molecule has 1 aromatic carbocycles. The molecule has 6 heteroatoms. The number of likely N-dealkylation sites (tertiary alicyclic amines) is 1. The second-order valence-electron chi connectivity index (χ2n) is 6.72. The first-order chi connectivity index (χ1) is 11.1. The zero-order valence-electron chi connectivity index (χ0n) is 12.8. The summed E-state index contributed by atoms with van der Waals surface area (Å²) in [5, 5.41) is 20.9. The van der Waals surface area contributed by atoms with Gasteiger partial charge in [0.15, 0.2) is 17.8 Å². The topological polar surface area (TPSA) is 71.4 Å². The minimum absolute atomic E-state index is 0.0228. The average molecular weight is 317 g/mol. The Morgan fingerprint density at radius 1 is 1.13 bits per heavy atom. The summed E-state index contributed by atoms with van der Waals surface area (Å²) in [6, 6.07) is 3.94. The number of likely N-dealkylation sites (N-methyl/N-ethyl adjacent to an activating group) is 1. The third kappa shape index (κ3) is 1.83. The summed E-state index contributed by atoms with van der Waals surface area (Å²) in [6.45, 7) is 1.16. The highest BCUT2D eigenvalue weighted by Gasteiger charge is 2.50. The van der Waals surface area contributed by atoms with Gasteiger partial charge in [-0.05, 0) is 31.2 Å². The van der Waals surface area contributed by atoms with Crippen LogP contribution in [0.15, 0.2) is 23.8 Å². The monoisotopic (exact) mass is 317 g/mol. The van der Waals surface area contributed by atoms with Gasteiger partial charge in [-0.15, -0.1) is 0 Å². The molecule has 3 heterocycles. The highest BCUT2D eigenvalue weighted by molar-refractivity contribution is 5.53. The Hall–Kier alpha value is -1.60. The van der Waals surface area contributed by atoms with E-state index in [9.17, 15) is 10.2 Å². The number of aliphatic hydroxyl groups excluding tert-OH is 2. The molecule has 5 atom stereocenters. The highest BCUT2D eigenvalue weighted by atomic mass is 16.7. The lowest BCUT2D eigenvalue weighted by Crippen LogP contribution is -2.50. The van der Waals surface area contributed by atoms with Crippen LogP contribution in [0.4, 0.5) is 0 Å². The average Bonchev–Trinajstić information content (AvgIpc) is 3.13. The van der Waals surface area contributed by atoms with Gasteiger partial charge in [-0.1, -0.05) is 11.6 Å². The maximum Gasteiger partial charge on any atom is 0.231 e. The van der Waals surface area contributed by atoms with Crippen LogP contribution in [0.2, 0.25) is 0 Å². The van der Waals surface area contributed by atoms with Gasteiger partial charge in [-0.3, -0.25) is 4.90 Å². The lowest BCUT2D eigenvalue weighted by atomic mass is 9.73. The highest BCUT2D eigenvalue weighted by Crippen LogP contribution is 2.50. The van der Waals surface area contributed by atoms with Crippen molar-refractivity contribution in [2.75, 3.05) is 20.4 Å². The molecule has 0 amide bonds. The number of benzene rings is 1. The predicted octanol–water partition coefficient (Wildman–Crippen LogP) is 0.894. The van der Waals surface area contributed by atoms with Crippen LogP contribution in [-0.4, -0.2) is 53.7 Å². The number of rotatable bonds is 0. The molecule has 23 heavy (non-hydrogen) atoms. The van der Waals surface area contributed by atoms with Crippen LogP contribution in [0.25, 0.3) is 0 Å². The van der Waals surface area contributed by atoms with Crippen molar-refractivity contribution < 1.29 is 24.4 Å². The van der Waals surface area contributed by atoms with E-state index in [0.29, 0.717) is 17.1 Å². The lowest BCUT2D eigenvalue weighted by molar-refractivity contribution is -0.185. The third-order valence-corrected chi connectivity index (χ3v) is 5.51. The van der Waals surface area contributed by atoms with Gasteiger partial charge in [-0.2, -0.15) is 0 Å². The van der Waals surface area contributed by atoms with Crippen molar-refractivity contribution in [3.63, 3.8) is 0 Å². The summed E-state index contributed by atoms with van der Waals surface area (Å²) in [5.41, 5.74) is 2.95. The van der Waals surface area contributed by atoms with Crippen molar-refractivity contribution in [3.05, 3.63) is 34.9 Å². The number of hydrogen-bond acceptors (Lipinski definition) is 6. The number of fused-ring (bicyclic) bond motifs is 6. The van der Waals surface area contributed by atoms with Crippen LogP contribution in [0.1, 0.15) is 29.8 Å². The van der Waals surface area contributed by atoms with Gasteiger partial charge >= 0.3 is 0 Å². The minimum atomic E-state index is -1.06. The van der Waals surface area contributed by atoms with Gasteiger partial charge in [0.05, 0.1) is 12.2 Å². The number of nitrogens with zero attached hydrogens (tertiary/aromatic N) is 1. The molecule has 0 spiro atoms. The maximum atomic E-state index is 10.5. The van der Waals surface area contributed by atoms with E-state index in [0.717, 1.165) is 18.5 Å². The fourth-order valence-electron chi connectivity index (χ4n) is 4.48. The zero-order valence-corrected chi connectivity index (χ0v) is 12.8. The molecule has 1 saturated heterocycles. The molecule has 1 aromatic rings. The molecule has 1 aliphatic carbocycles. The van der Waals surface area contributed by atoms with Crippen LogP contribution in [0.5, 0.6) is 11.5 Å². The molecule has 5 rings (SSSR count). The van der Waals surface area contributed by atoms with E-state index in [4.69, 9.17) is 14.2 Å². The van der Waals surface area contributed by atoms with Crippen molar-refractivity contribution in [2.45, 2.75) is 36.9 Å². The van der Waals surface area contributed by atoms with E-state index in [1.165, 1.54) is 5.57 Å². The fraction of sp³-hybridized carbons (Fsp3) is 0.529. The van der Waals surface area contributed by atoms with Crippen molar-refractivity contribution in [1.82, 2.24) is 4.90 Å². The number of ether oxygens (including phenoxy) is 3. The molecule has 0 unspecified atom stereocenters. The van der Waals surface area contributed by atoms with E-state index in [1.807, 2.05) is 12.1 Å². The van der Waals surface area contributed by atoms with Gasteiger partial charge in [0.1, 0.15) is 0 Å². The predicted molar refractivity (Wildman–Crippen MR) is 80.3 cm³/mol. The van der Waals surface area contributed by atoms with Gasteiger partial charge < -0.3 is 24.4 Å². The Bertz CT molecular complexity index is 702. The van der Waals surface area contributed by atoms with Gasteiger partial charge in [0.25, 0.3) is 0 Å². The molecule has 0 saturated carbocycles. The Labute approximate surface area is 133 Å². The van der Waals surface area contributed by atoms with Gasteiger partial charge in [0, 0.05) is 24.1 Å². The molecule has 0 aromatic heterocycles. The van der Waals surface area contributed by atoms with E-state index in [-0.39, 0.29) is 18.8 Å². The Balaban J connectivity index is 1.69. The second kappa shape index (κ2) is 4.70. The first kappa shape index (κ1) is 13.8. The zero-order chi connectivity index (χ0) is 15.7. The number of hydrogen-bond donors (Lipinski definition) is 2. The van der Waals surface area contributed by atoms with Crippen molar-refractivity contribution in [3.8, 4) is 11.5 Å². The van der Waals surface area contributed by atoms with Crippen LogP contribution >= 0.6 is 0 Å². The molecule has 4 aliphatic rings. The van der Waals surface area contributed by atoms with E-state index in [1.54, 1.807) is 6.07 Å². The summed E-state index contributed by atoms with van der Waals surface area (Å²) < 4.78 is 16.7. The van der Waals surface area contributed by atoms with Crippen molar-refractivity contribution in [1.29, 1.82) is 0 Å². The first-order valence-corrected chi connectivity index (χ1v) is 7.99. The van der Waals surface area contributed by atoms with Gasteiger partial charge in [0.2, 0.25) is 6.79 Å². The summed E-state index contributed by atoms with van der Waals surface area (Å²) in [4.78, 5) is 2.30. The van der Waals surface area contributed by atoms with Crippen LogP contribution in [-0.2, 0) is 4.74 Å². The number of aliphatic hydroxyl groups is 2. The van der Waals surface area contributed by atoms with Crippen molar-refractivity contribution >= 4 is 0 Å². The third-order valence-electron chi connectivity index (χ3n) is 5.51. The van der Waals surface area contributed by atoms with Gasteiger partial charge in [-0.25, -0.2) is 0 Å². The van der Waals surface area contributed by atoms with Crippen molar-refractivity contribution in [2.24, 2.45) is 0 Å². The summed E-state index contributed by atoms with van der Waals surface area (Å²) in [5.74, 6) is 1.31. The molecule has 3 aliphatic heterocycles. The molecular weight excluding hydrogens is 298 g/mol. The fourth-order valence-corrected chi connectivity index (χ4v) is 4.48. The molecule has 2 N–H and O–H groups in total. The first-order valence-electron chi connectivity index (χ1n) is 7.99. The maximum absolute atomic E-state index is 10.5. The quantitative estimate of drug-likeness (QED) is 0.693. The van der Waals surface area contributed by atoms with E-state index >= 15 is 0 Å². The normalized spacial score (nSPS) is 37.9. The minimum Gasteiger partial charge on any atom is -0.454 e.